The molecular formula is C20H38N6S. The molecule has 0 radical (unpaired) electrons. The Balaban J connectivity index is 1.73. The Morgan fingerprint density at radius 1 is 1.15 bits per heavy atom. The van der Waals surface area contributed by atoms with Gasteiger partial charge >= 0.3 is 0 Å². The van der Waals surface area contributed by atoms with Gasteiger partial charge in [-0.15, -0.1) is 11.3 Å². The smallest absolute Gasteiger partial charge is 0.191 e. The van der Waals surface area contributed by atoms with Gasteiger partial charge < -0.3 is 20.4 Å². The van der Waals surface area contributed by atoms with E-state index in [-0.39, 0.29) is 0 Å². The van der Waals surface area contributed by atoms with Crippen LogP contribution in [0.5, 0.6) is 0 Å². The fraction of sp³-hybridized carbons (Fsp3) is 0.800. The molecule has 1 aliphatic rings. The molecule has 1 aliphatic heterocycles. The molecule has 0 amide bonds. The van der Waals surface area contributed by atoms with E-state index in [2.05, 4.69) is 60.0 Å². The van der Waals surface area contributed by atoms with E-state index in [1.54, 1.807) is 11.3 Å². The molecule has 0 saturated carbocycles. The van der Waals surface area contributed by atoms with Gasteiger partial charge in [-0.25, -0.2) is 4.98 Å². The summed E-state index contributed by atoms with van der Waals surface area (Å²) in [5, 5.41) is 8.02. The Morgan fingerprint density at radius 3 is 2.44 bits per heavy atom. The number of nitrogens with zero attached hydrogens (tertiary/aromatic N) is 4. The van der Waals surface area contributed by atoms with Crippen molar-refractivity contribution >= 4 is 17.3 Å². The summed E-state index contributed by atoms with van der Waals surface area (Å²) in [6.45, 7) is 20.6. The van der Waals surface area contributed by atoms with Crippen LogP contribution in [0.4, 0.5) is 0 Å². The minimum absolute atomic E-state index is 0.567. The normalized spacial score (nSPS) is 17.9. The van der Waals surface area contributed by atoms with Crippen molar-refractivity contribution in [2.45, 2.75) is 41.0 Å². The number of nitrogens with one attached hydrogen (secondary N) is 2. The van der Waals surface area contributed by atoms with Crippen LogP contribution in [0, 0.1) is 19.8 Å². The minimum Gasteiger partial charge on any atom is -0.357 e. The molecule has 0 aliphatic carbocycles. The highest BCUT2D eigenvalue weighted by molar-refractivity contribution is 7.11. The molecule has 7 heteroatoms. The second-order valence-electron chi connectivity index (χ2n) is 7.49. The Kier molecular flexibility index (Phi) is 9.51. The Bertz CT molecular complexity index is 558. The van der Waals surface area contributed by atoms with E-state index in [4.69, 9.17) is 4.99 Å². The minimum atomic E-state index is 0.567. The van der Waals surface area contributed by atoms with E-state index < -0.39 is 0 Å². The number of likely N-dealkylation sites (N-methyl/N-ethyl adjacent to an activating group) is 1. The second kappa shape index (κ2) is 11.6. The lowest BCUT2D eigenvalue weighted by Crippen LogP contribution is -2.47. The van der Waals surface area contributed by atoms with E-state index in [1.807, 2.05) is 0 Å². The van der Waals surface area contributed by atoms with Gasteiger partial charge in [-0.1, -0.05) is 13.8 Å². The van der Waals surface area contributed by atoms with Gasteiger partial charge in [0.1, 0.15) is 0 Å². The van der Waals surface area contributed by atoms with Gasteiger partial charge in [0.25, 0.3) is 0 Å². The fourth-order valence-corrected chi connectivity index (χ4v) is 4.24. The molecule has 0 bridgehead atoms. The topological polar surface area (TPSA) is 55.8 Å². The molecule has 1 unspecified atom stereocenters. The van der Waals surface area contributed by atoms with Crippen LogP contribution in [-0.2, 0) is 6.42 Å². The summed E-state index contributed by atoms with van der Waals surface area (Å²) in [5.41, 5.74) is 1.16. The van der Waals surface area contributed by atoms with Crippen molar-refractivity contribution in [3.05, 3.63) is 15.6 Å². The maximum Gasteiger partial charge on any atom is 0.191 e. The molecule has 1 aromatic rings. The third kappa shape index (κ3) is 7.76. The van der Waals surface area contributed by atoms with Crippen molar-refractivity contribution in [2.24, 2.45) is 10.9 Å². The summed E-state index contributed by atoms with van der Waals surface area (Å²) in [7, 11) is 0. The fourth-order valence-electron chi connectivity index (χ4n) is 3.31. The highest BCUT2D eigenvalue weighted by atomic mass is 32.1. The van der Waals surface area contributed by atoms with E-state index in [0.29, 0.717) is 5.92 Å². The van der Waals surface area contributed by atoms with Gasteiger partial charge in [-0.05, 0) is 33.2 Å². The predicted molar refractivity (Wildman–Crippen MR) is 117 cm³/mol. The van der Waals surface area contributed by atoms with E-state index in [0.717, 1.165) is 44.3 Å². The van der Waals surface area contributed by atoms with E-state index >= 15 is 0 Å². The highest BCUT2D eigenvalue weighted by Gasteiger charge is 2.17. The van der Waals surface area contributed by atoms with E-state index in [1.165, 1.54) is 42.6 Å². The average molecular weight is 395 g/mol. The summed E-state index contributed by atoms with van der Waals surface area (Å²) >= 11 is 1.80. The summed E-state index contributed by atoms with van der Waals surface area (Å²) in [6, 6.07) is 0. The molecule has 27 heavy (non-hydrogen) atoms. The van der Waals surface area contributed by atoms with Crippen molar-refractivity contribution in [3.63, 3.8) is 0 Å². The molecule has 0 spiro atoms. The monoisotopic (exact) mass is 394 g/mol. The molecule has 0 aromatic carbocycles. The molecule has 1 atom stereocenters. The van der Waals surface area contributed by atoms with Crippen molar-refractivity contribution in [1.82, 2.24) is 25.4 Å². The van der Waals surface area contributed by atoms with Gasteiger partial charge in [0.15, 0.2) is 5.96 Å². The lowest BCUT2D eigenvalue weighted by molar-refractivity contribution is 0.125. The molecule has 1 fully saturated rings. The van der Waals surface area contributed by atoms with Gasteiger partial charge in [0.05, 0.1) is 10.7 Å². The van der Waals surface area contributed by atoms with Crippen LogP contribution in [0.3, 0.4) is 0 Å². The molecule has 2 rings (SSSR count). The first-order valence-electron chi connectivity index (χ1n) is 10.4. The molecule has 2 N–H and O–H groups in total. The zero-order valence-electron chi connectivity index (χ0n) is 17.8. The summed E-state index contributed by atoms with van der Waals surface area (Å²) in [6.07, 6.45) is 0.945. The number of aliphatic imine (C=N–C) groups is 1. The van der Waals surface area contributed by atoms with Crippen molar-refractivity contribution in [1.29, 1.82) is 0 Å². The summed E-state index contributed by atoms with van der Waals surface area (Å²) in [5.74, 6) is 1.49. The molecule has 154 valence electrons. The highest BCUT2D eigenvalue weighted by Crippen LogP contribution is 2.16. The van der Waals surface area contributed by atoms with Gasteiger partial charge in [0.2, 0.25) is 0 Å². The van der Waals surface area contributed by atoms with Crippen LogP contribution in [0.25, 0.3) is 0 Å². The number of piperazine rings is 1. The Hall–Kier alpha value is -1.18. The number of rotatable bonds is 9. The first kappa shape index (κ1) is 22.1. The van der Waals surface area contributed by atoms with Gasteiger partial charge in [-0.3, -0.25) is 4.99 Å². The van der Waals surface area contributed by atoms with Crippen molar-refractivity contribution < 1.29 is 0 Å². The molecule has 6 nitrogen and oxygen atoms in total. The molecule has 1 saturated heterocycles. The first-order chi connectivity index (χ1) is 13.0. The molecule has 2 heterocycles. The van der Waals surface area contributed by atoms with Crippen LogP contribution < -0.4 is 10.6 Å². The second-order valence-corrected chi connectivity index (χ2v) is 8.77. The zero-order chi connectivity index (χ0) is 19.6. The van der Waals surface area contributed by atoms with Gasteiger partial charge in [-0.2, -0.15) is 0 Å². The van der Waals surface area contributed by atoms with Crippen LogP contribution in [0.1, 0.15) is 36.3 Å². The summed E-state index contributed by atoms with van der Waals surface area (Å²) < 4.78 is 0. The largest absolute Gasteiger partial charge is 0.357 e. The average Bonchev–Trinajstić information content (AvgIpc) is 2.98. The van der Waals surface area contributed by atoms with Crippen LogP contribution in [0.2, 0.25) is 0 Å². The predicted octanol–water partition coefficient (Wildman–Crippen LogP) is 2.13. The quantitative estimate of drug-likeness (QED) is 0.496. The molecule has 1 aromatic heterocycles. The number of aryl methyl sites for hydroxylation is 2. The zero-order valence-corrected chi connectivity index (χ0v) is 18.7. The lowest BCUT2D eigenvalue weighted by Gasteiger charge is -2.35. The number of guanidine groups is 1. The number of hydrogen-bond acceptors (Lipinski definition) is 5. The SMILES string of the molecule is CCNC(=NCC(C)CN1CCN(CC)CC1)NCCc1nc(C)c(C)s1. The Labute approximate surface area is 169 Å². The Morgan fingerprint density at radius 2 is 1.85 bits per heavy atom. The van der Waals surface area contributed by atoms with Gasteiger partial charge in [0, 0.05) is 63.7 Å². The standard InChI is InChI=1S/C20H38N6S/c1-6-21-20(22-9-8-19-24-17(4)18(5)27-19)23-14-16(3)15-26-12-10-25(7-2)11-13-26/h16H,6-15H2,1-5H3,(H2,21,22,23). The lowest BCUT2D eigenvalue weighted by atomic mass is 10.1. The maximum atomic E-state index is 4.80. The number of aromatic nitrogens is 1. The van der Waals surface area contributed by atoms with Crippen molar-refractivity contribution in [3.8, 4) is 0 Å². The van der Waals surface area contributed by atoms with Crippen LogP contribution in [0.15, 0.2) is 4.99 Å². The van der Waals surface area contributed by atoms with Crippen molar-refractivity contribution in [2.75, 3.05) is 58.9 Å². The van der Waals surface area contributed by atoms with E-state index in [9.17, 15) is 0 Å². The van der Waals surface area contributed by atoms with Crippen LogP contribution in [-0.4, -0.2) is 79.6 Å². The first-order valence-corrected chi connectivity index (χ1v) is 11.2. The number of thiazole rings is 1. The number of hydrogen-bond donors (Lipinski definition) is 2. The van der Waals surface area contributed by atoms with Crippen LogP contribution >= 0.6 is 11.3 Å². The molecular weight excluding hydrogens is 356 g/mol. The summed E-state index contributed by atoms with van der Waals surface area (Å²) in [4.78, 5) is 15.8. The third-order valence-electron chi connectivity index (χ3n) is 5.09. The third-order valence-corrected chi connectivity index (χ3v) is 6.22. The maximum absolute atomic E-state index is 4.80.